The Morgan fingerprint density at radius 3 is 2.25 bits per heavy atom. The third kappa shape index (κ3) is 3.46. The Balaban J connectivity index is 2.39. The topological polar surface area (TPSA) is 38.7 Å². The molecule has 0 atom stereocenters. The summed E-state index contributed by atoms with van der Waals surface area (Å²) in [6, 6.07) is 11.9. The first-order valence-electron chi connectivity index (χ1n) is 5.53. The Kier molecular flexibility index (Phi) is 3.86. The van der Waals surface area contributed by atoms with Crippen LogP contribution in [-0.2, 0) is 4.79 Å². The summed E-state index contributed by atoms with van der Waals surface area (Å²) in [5, 5.41) is 0. The molecule has 0 radical (unpaired) electrons. The number of hydrogen-bond acceptors (Lipinski definition) is 3. The van der Waals surface area contributed by atoms with Crippen LogP contribution in [0.1, 0.15) is 0 Å². The van der Waals surface area contributed by atoms with E-state index in [1.807, 2.05) is 0 Å². The van der Waals surface area contributed by atoms with Crippen LogP contribution in [0.25, 0.3) is 11.1 Å². The molecule has 0 saturated carbocycles. The van der Waals surface area contributed by atoms with Crippen molar-refractivity contribution < 1.29 is 22.7 Å². The van der Waals surface area contributed by atoms with E-state index in [-0.39, 0.29) is 5.75 Å². The van der Waals surface area contributed by atoms with E-state index < -0.39 is 6.36 Å². The fourth-order valence-corrected chi connectivity index (χ4v) is 1.69. The number of benzene rings is 2. The lowest BCUT2D eigenvalue weighted by Crippen LogP contribution is -2.17. The van der Waals surface area contributed by atoms with E-state index in [4.69, 9.17) is 0 Å². The third-order valence-electron chi connectivity index (χ3n) is 2.47. The molecule has 3 nitrogen and oxygen atoms in total. The predicted molar refractivity (Wildman–Crippen MR) is 66.3 cm³/mol. The van der Waals surface area contributed by atoms with E-state index in [2.05, 4.69) is 9.73 Å². The van der Waals surface area contributed by atoms with Gasteiger partial charge in [-0.15, -0.1) is 13.2 Å². The smallest absolute Gasteiger partial charge is 0.405 e. The summed E-state index contributed by atoms with van der Waals surface area (Å²) in [6.07, 6.45) is -3.36. The molecule has 2 aromatic carbocycles. The molecule has 0 aromatic heterocycles. The number of ether oxygens (including phenoxy) is 1. The molecule has 0 N–H and O–H groups in total. The van der Waals surface area contributed by atoms with Gasteiger partial charge in [0, 0.05) is 5.56 Å². The fourth-order valence-electron chi connectivity index (χ4n) is 1.69. The molecule has 2 aromatic rings. The van der Waals surface area contributed by atoms with Crippen molar-refractivity contribution in [2.45, 2.75) is 6.36 Å². The molecule has 102 valence electrons. The normalized spacial score (nSPS) is 10.8. The van der Waals surface area contributed by atoms with Gasteiger partial charge in [-0.2, -0.15) is 4.99 Å². The average molecular weight is 279 g/mol. The number of hydrogen-bond donors (Lipinski definition) is 0. The summed E-state index contributed by atoms with van der Waals surface area (Å²) in [5.74, 6) is -0.286. The second kappa shape index (κ2) is 5.59. The maximum Gasteiger partial charge on any atom is 0.573 e. The zero-order valence-electron chi connectivity index (χ0n) is 10.0. The van der Waals surface area contributed by atoms with Crippen LogP contribution in [0, 0.1) is 0 Å². The van der Waals surface area contributed by atoms with Gasteiger partial charge in [0.15, 0.2) is 0 Å². The first-order chi connectivity index (χ1) is 9.49. The predicted octanol–water partition coefficient (Wildman–Crippen LogP) is 4.22. The molecule has 0 unspecified atom stereocenters. The summed E-state index contributed by atoms with van der Waals surface area (Å²) in [6.45, 7) is 0. The molecule has 0 spiro atoms. The van der Waals surface area contributed by atoms with Gasteiger partial charge in [-0.1, -0.05) is 30.3 Å². The van der Waals surface area contributed by atoms with Crippen LogP contribution >= 0.6 is 0 Å². The Labute approximate surface area is 112 Å². The minimum Gasteiger partial charge on any atom is -0.405 e. The molecule has 0 bridgehead atoms. The van der Waals surface area contributed by atoms with Gasteiger partial charge in [-0.25, -0.2) is 4.79 Å². The van der Waals surface area contributed by atoms with Crippen molar-refractivity contribution in [1.29, 1.82) is 0 Å². The minimum atomic E-state index is -4.75. The lowest BCUT2D eigenvalue weighted by atomic mass is 10.0. The van der Waals surface area contributed by atoms with Gasteiger partial charge in [0.05, 0.1) is 5.69 Å². The van der Waals surface area contributed by atoms with Gasteiger partial charge in [0.1, 0.15) is 5.75 Å². The number of isocyanates is 1. The van der Waals surface area contributed by atoms with Crippen LogP contribution in [0.4, 0.5) is 18.9 Å². The van der Waals surface area contributed by atoms with Crippen LogP contribution in [0.5, 0.6) is 5.75 Å². The summed E-state index contributed by atoms with van der Waals surface area (Å²) < 4.78 is 40.9. The molecule has 0 aliphatic heterocycles. The summed E-state index contributed by atoms with van der Waals surface area (Å²) >= 11 is 0. The van der Waals surface area contributed by atoms with Crippen molar-refractivity contribution in [2.24, 2.45) is 4.99 Å². The lowest BCUT2D eigenvalue weighted by molar-refractivity contribution is -0.274. The van der Waals surface area contributed by atoms with Gasteiger partial charge in [-0.05, 0) is 23.8 Å². The van der Waals surface area contributed by atoms with Crippen LogP contribution in [0.2, 0.25) is 0 Å². The first-order valence-corrected chi connectivity index (χ1v) is 5.53. The van der Waals surface area contributed by atoms with Gasteiger partial charge in [-0.3, -0.25) is 0 Å². The molecule has 0 fully saturated rings. The van der Waals surface area contributed by atoms with Gasteiger partial charge >= 0.3 is 6.36 Å². The van der Waals surface area contributed by atoms with Crippen LogP contribution in [0.15, 0.2) is 53.5 Å². The first kappa shape index (κ1) is 13.8. The van der Waals surface area contributed by atoms with E-state index in [9.17, 15) is 18.0 Å². The Morgan fingerprint density at radius 1 is 1.00 bits per heavy atom. The molecule has 20 heavy (non-hydrogen) atoms. The highest BCUT2D eigenvalue weighted by Crippen LogP contribution is 2.34. The van der Waals surface area contributed by atoms with Crippen molar-refractivity contribution >= 4 is 11.8 Å². The van der Waals surface area contributed by atoms with Gasteiger partial charge in [0.2, 0.25) is 6.08 Å². The van der Waals surface area contributed by atoms with E-state index >= 15 is 0 Å². The van der Waals surface area contributed by atoms with Crippen LogP contribution in [-0.4, -0.2) is 12.4 Å². The summed E-state index contributed by atoms with van der Waals surface area (Å²) in [4.78, 5) is 13.5. The van der Waals surface area contributed by atoms with Gasteiger partial charge in [0.25, 0.3) is 0 Å². The van der Waals surface area contributed by atoms with E-state index in [0.717, 1.165) is 0 Å². The van der Waals surface area contributed by atoms with E-state index in [0.29, 0.717) is 16.8 Å². The van der Waals surface area contributed by atoms with Crippen molar-refractivity contribution in [3.63, 3.8) is 0 Å². The second-order valence-electron chi connectivity index (χ2n) is 3.79. The van der Waals surface area contributed by atoms with Crippen LogP contribution in [0.3, 0.4) is 0 Å². The van der Waals surface area contributed by atoms with Crippen LogP contribution < -0.4 is 4.74 Å². The molecule has 0 aliphatic carbocycles. The maximum atomic E-state index is 12.3. The lowest BCUT2D eigenvalue weighted by Gasteiger charge is -2.13. The average Bonchev–Trinajstić information content (AvgIpc) is 2.39. The molecule has 0 amide bonds. The van der Waals surface area contributed by atoms with Gasteiger partial charge < -0.3 is 4.74 Å². The van der Waals surface area contributed by atoms with E-state index in [1.54, 1.807) is 18.2 Å². The summed E-state index contributed by atoms with van der Waals surface area (Å²) in [5.41, 5.74) is 1.19. The molecular weight excluding hydrogens is 271 g/mol. The Bertz CT molecular complexity index is 644. The van der Waals surface area contributed by atoms with Crippen molar-refractivity contribution in [1.82, 2.24) is 0 Å². The monoisotopic (exact) mass is 279 g/mol. The fraction of sp³-hybridized carbons (Fsp3) is 0.0714. The number of halogens is 3. The molecule has 0 saturated heterocycles. The Morgan fingerprint density at radius 2 is 1.65 bits per heavy atom. The SMILES string of the molecule is O=C=Nc1ccc(-c2ccccc2OC(F)(F)F)cc1. The number of alkyl halides is 3. The molecule has 2 rings (SSSR count). The highest BCUT2D eigenvalue weighted by Gasteiger charge is 2.32. The highest BCUT2D eigenvalue weighted by molar-refractivity contribution is 5.71. The van der Waals surface area contributed by atoms with Crippen molar-refractivity contribution in [2.75, 3.05) is 0 Å². The minimum absolute atomic E-state index is 0.286. The standard InChI is InChI=1S/C14H8F3NO2/c15-14(16,17)20-13-4-2-1-3-12(13)10-5-7-11(8-6-10)18-9-19/h1-8H. The number of rotatable bonds is 3. The third-order valence-corrected chi connectivity index (χ3v) is 2.47. The number of carbonyl (C=O) groups excluding carboxylic acids is 1. The van der Waals surface area contributed by atoms with Crippen molar-refractivity contribution in [3.05, 3.63) is 48.5 Å². The number of aliphatic imine (C=N–C) groups is 1. The zero-order chi connectivity index (χ0) is 14.6. The molecule has 0 aliphatic rings. The molecule has 0 heterocycles. The second-order valence-corrected chi connectivity index (χ2v) is 3.79. The molecule has 6 heteroatoms. The highest BCUT2D eigenvalue weighted by atomic mass is 19.4. The quantitative estimate of drug-likeness (QED) is 0.623. The maximum absolute atomic E-state index is 12.3. The largest absolute Gasteiger partial charge is 0.573 e. The molecular formula is C14H8F3NO2. The number of nitrogens with zero attached hydrogens (tertiary/aromatic N) is 1. The number of para-hydroxylation sites is 1. The summed E-state index contributed by atoms with van der Waals surface area (Å²) in [7, 11) is 0. The van der Waals surface area contributed by atoms with E-state index in [1.165, 1.54) is 36.4 Å². The Hall–Kier alpha value is -2.59. The zero-order valence-corrected chi connectivity index (χ0v) is 10.0. The van der Waals surface area contributed by atoms with Crippen molar-refractivity contribution in [3.8, 4) is 16.9 Å².